The number of nitrogens with one attached hydrogen (secondary N) is 1. The molecule has 0 aliphatic heterocycles. The summed E-state index contributed by atoms with van der Waals surface area (Å²) in [5, 5.41) is 8.79. The second-order valence-corrected chi connectivity index (χ2v) is 6.13. The maximum Gasteiger partial charge on any atom is 0.266 e. The van der Waals surface area contributed by atoms with Gasteiger partial charge in [-0.05, 0) is 18.2 Å². The summed E-state index contributed by atoms with van der Waals surface area (Å²) in [7, 11) is -3.69. The summed E-state index contributed by atoms with van der Waals surface area (Å²) in [5.74, 6) is -0.563. The van der Waals surface area contributed by atoms with Crippen LogP contribution in [0, 0.1) is 17.1 Å². The smallest absolute Gasteiger partial charge is 0.266 e. The van der Waals surface area contributed by atoms with Crippen molar-refractivity contribution in [2.45, 2.75) is 4.90 Å². The molecule has 1 aromatic carbocycles. The molecule has 20 heavy (non-hydrogen) atoms. The van der Waals surface area contributed by atoms with Gasteiger partial charge < -0.3 is 4.98 Å². The fourth-order valence-electron chi connectivity index (χ4n) is 1.75. The average molecular weight is 292 g/mol. The van der Waals surface area contributed by atoms with Crippen molar-refractivity contribution in [1.29, 1.82) is 5.26 Å². The highest BCUT2D eigenvalue weighted by atomic mass is 32.2. The van der Waals surface area contributed by atoms with Crippen LogP contribution in [0.15, 0.2) is 40.0 Å². The molecule has 0 saturated heterocycles. The molecule has 0 saturated carbocycles. The Bertz CT molecular complexity index is 879. The van der Waals surface area contributed by atoms with Crippen LogP contribution < -0.4 is 5.56 Å². The Morgan fingerprint density at radius 1 is 1.30 bits per heavy atom. The summed E-state index contributed by atoms with van der Waals surface area (Å²) in [4.78, 5) is 13.7. The quantitative estimate of drug-likeness (QED) is 0.907. The minimum atomic E-state index is -3.69. The van der Waals surface area contributed by atoms with Gasteiger partial charge in [-0.3, -0.25) is 4.79 Å². The Labute approximate surface area is 114 Å². The van der Waals surface area contributed by atoms with E-state index in [4.69, 9.17) is 5.26 Å². The normalized spacial score (nSPS) is 11.1. The van der Waals surface area contributed by atoms with Crippen molar-refractivity contribution in [3.63, 3.8) is 0 Å². The number of sulfone groups is 1. The first-order valence-corrected chi connectivity index (χ1v) is 7.35. The zero-order valence-electron chi connectivity index (χ0n) is 10.3. The Kier molecular flexibility index (Phi) is 3.42. The van der Waals surface area contributed by atoms with Crippen LogP contribution in [0.1, 0.15) is 5.56 Å². The first-order chi connectivity index (χ1) is 9.32. The Morgan fingerprint density at radius 2 is 2.00 bits per heavy atom. The molecule has 0 unspecified atom stereocenters. The lowest BCUT2D eigenvalue weighted by Crippen LogP contribution is -2.15. The highest BCUT2D eigenvalue weighted by Crippen LogP contribution is 2.25. The predicted molar refractivity (Wildman–Crippen MR) is 70.3 cm³/mol. The van der Waals surface area contributed by atoms with Crippen LogP contribution in [0.25, 0.3) is 11.3 Å². The van der Waals surface area contributed by atoms with Crippen molar-refractivity contribution in [2.75, 3.05) is 6.26 Å². The summed E-state index contributed by atoms with van der Waals surface area (Å²) in [6.07, 6.45) is 0.949. The molecule has 0 fully saturated rings. The van der Waals surface area contributed by atoms with Gasteiger partial charge in [0.15, 0.2) is 9.84 Å². The molecule has 1 N–H and O–H groups in total. The summed E-state index contributed by atoms with van der Waals surface area (Å²) >= 11 is 0. The number of nitrogens with zero attached hydrogens (tertiary/aromatic N) is 1. The Hall–Kier alpha value is -2.46. The standard InChI is InChI=1S/C13H9FN2O3S/c1-20(18,19)11-6-9(7-15)13(17)16-12(11)8-3-2-4-10(14)5-8/h2-6H,1H3,(H,16,17). The number of rotatable bonds is 2. The largest absolute Gasteiger partial charge is 0.320 e. The number of benzene rings is 1. The summed E-state index contributed by atoms with van der Waals surface area (Å²) in [6, 6.07) is 7.78. The minimum Gasteiger partial charge on any atom is -0.320 e. The molecule has 1 aromatic heterocycles. The van der Waals surface area contributed by atoms with E-state index in [0.29, 0.717) is 0 Å². The summed E-state index contributed by atoms with van der Waals surface area (Å²) in [6.45, 7) is 0. The third-order valence-electron chi connectivity index (χ3n) is 2.64. The lowest BCUT2D eigenvalue weighted by Gasteiger charge is -2.08. The SMILES string of the molecule is CS(=O)(=O)c1cc(C#N)c(=O)[nH]c1-c1cccc(F)c1. The second-order valence-electron chi connectivity index (χ2n) is 4.15. The zero-order valence-corrected chi connectivity index (χ0v) is 11.2. The molecule has 2 rings (SSSR count). The van der Waals surface area contributed by atoms with Crippen molar-refractivity contribution in [3.8, 4) is 17.3 Å². The molecule has 2 aromatic rings. The molecule has 0 aliphatic rings. The summed E-state index contributed by atoms with van der Waals surface area (Å²) < 4.78 is 36.8. The van der Waals surface area contributed by atoms with E-state index in [1.165, 1.54) is 18.2 Å². The van der Waals surface area contributed by atoms with E-state index >= 15 is 0 Å². The third kappa shape index (κ3) is 2.60. The zero-order chi connectivity index (χ0) is 14.9. The molecule has 5 nitrogen and oxygen atoms in total. The van der Waals surface area contributed by atoms with Crippen LogP contribution in [-0.2, 0) is 9.84 Å². The predicted octanol–water partition coefficient (Wildman–Crippen LogP) is 1.46. The first kappa shape index (κ1) is 14.0. The maximum absolute atomic E-state index is 13.2. The van der Waals surface area contributed by atoms with Crippen molar-refractivity contribution >= 4 is 9.84 Å². The van der Waals surface area contributed by atoms with Gasteiger partial charge in [0.2, 0.25) is 0 Å². The molecule has 0 amide bonds. The highest BCUT2D eigenvalue weighted by Gasteiger charge is 2.18. The van der Waals surface area contributed by atoms with E-state index in [2.05, 4.69) is 4.98 Å². The lowest BCUT2D eigenvalue weighted by molar-refractivity contribution is 0.601. The number of hydrogen-bond donors (Lipinski definition) is 1. The fourth-order valence-corrected chi connectivity index (χ4v) is 2.62. The van der Waals surface area contributed by atoms with Crippen LogP contribution in [0.4, 0.5) is 4.39 Å². The van der Waals surface area contributed by atoms with E-state index in [1.54, 1.807) is 6.07 Å². The van der Waals surface area contributed by atoms with Gasteiger partial charge in [-0.25, -0.2) is 12.8 Å². The molecular formula is C13H9FN2O3S. The van der Waals surface area contributed by atoms with Crippen molar-refractivity contribution in [3.05, 3.63) is 52.1 Å². The van der Waals surface area contributed by atoms with E-state index in [9.17, 15) is 17.6 Å². The molecule has 0 aliphatic carbocycles. The fraction of sp³-hybridized carbons (Fsp3) is 0.0769. The number of halogens is 1. The van der Waals surface area contributed by atoms with Crippen LogP contribution in [0.5, 0.6) is 0 Å². The van der Waals surface area contributed by atoms with Crippen molar-refractivity contribution in [1.82, 2.24) is 4.98 Å². The number of H-pyrrole nitrogens is 1. The summed E-state index contributed by atoms with van der Waals surface area (Å²) in [5.41, 5.74) is -0.854. The van der Waals surface area contributed by atoms with Crippen molar-refractivity contribution < 1.29 is 12.8 Å². The maximum atomic E-state index is 13.2. The van der Waals surface area contributed by atoms with Gasteiger partial charge in [0, 0.05) is 11.8 Å². The van der Waals surface area contributed by atoms with Gasteiger partial charge in [0.25, 0.3) is 5.56 Å². The Balaban J connectivity index is 2.86. The molecule has 7 heteroatoms. The van der Waals surface area contributed by atoms with Gasteiger partial charge in [-0.2, -0.15) is 5.26 Å². The monoisotopic (exact) mass is 292 g/mol. The molecule has 0 bridgehead atoms. The van der Waals surface area contributed by atoms with Crippen LogP contribution in [0.2, 0.25) is 0 Å². The molecule has 1 heterocycles. The number of nitriles is 1. The molecule has 0 spiro atoms. The Morgan fingerprint density at radius 3 is 2.55 bits per heavy atom. The van der Waals surface area contributed by atoms with Crippen LogP contribution >= 0.6 is 0 Å². The number of aromatic amines is 1. The average Bonchev–Trinajstić information content (AvgIpc) is 2.37. The van der Waals surface area contributed by atoms with Gasteiger partial charge in [-0.15, -0.1) is 0 Å². The first-order valence-electron chi connectivity index (χ1n) is 5.46. The van der Waals surface area contributed by atoms with Gasteiger partial charge in [0.05, 0.1) is 10.6 Å². The van der Waals surface area contributed by atoms with Gasteiger partial charge >= 0.3 is 0 Å². The second kappa shape index (κ2) is 4.90. The van der Waals surface area contributed by atoms with E-state index in [1.807, 2.05) is 0 Å². The number of hydrogen-bond acceptors (Lipinski definition) is 4. The molecule has 0 atom stereocenters. The van der Waals surface area contributed by atoms with E-state index < -0.39 is 21.2 Å². The van der Waals surface area contributed by atoms with Crippen LogP contribution in [-0.4, -0.2) is 19.7 Å². The van der Waals surface area contributed by atoms with E-state index in [0.717, 1.165) is 18.4 Å². The molecule has 0 radical (unpaired) electrons. The number of pyridine rings is 1. The third-order valence-corrected chi connectivity index (χ3v) is 3.76. The topological polar surface area (TPSA) is 90.8 Å². The minimum absolute atomic E-state index is 0.0315. The highest BCUT2D eigenvalue weighted by molar-refractivity contribution is 7.90. The lowest BCUT2D eigenvalue weighted by atomic mass is 10.1. The van der Waals surface area contributed by atoms with E-state index in [-0.39, 0.29) is 21.7 Å². The van der Waals surface area contributed by atoms with Gasteiger partial charge in [-0.1, -0.05) is 12.1 Å². The molecular weight excluding hydrogens is 283 g/mol. The number of aromatic nitrogens is 1. The van der Waals surface area contributed by atoms with Gasteiger partial charge in [0.1, 0.15) is 17.4 Å². The van der Waals surface area contributed by atoms with Crippen molar-refractivity contribution in [2.24, 2.45) is 0 Å². The molecule has 102 valence electrons. The van der Waals surface area contributed by atoms with Crippen LogP contribution in [0.3, 0.4) is 0 Å².